The maximum absolute atomic E-state index is 12.4. The number of pyridine rings is 1. The van der Waals surface area contributed by atoms with Crippen molar-refractivity contribution >= 4 is 21.6 Å². The van der Waals surface area contributed by atoms with Crippen molar-refractivity contribution in [3.05, 3.63) is 28.8 Å². The van der Waals surface area contributed by atoms with Crippen molar-refractivity contribution in [3.8, 4) is 0 Å². The SMILES string of the molecule is Cc1cc2sccc2nc1C(F)(F)F. The van der Waals surface area contributed by atoms with Crippen LogP contribution in [0.5, 0.6) is 0 Å². The summed E-state index contributed by atoms with van der Waals surface area (Å²) >= 11 is 1.39. The van der Waals surface area contributed by atoms with E-state index >= 15 is 0 Å². The zero-order chi connectivity index (χ0) is 10.3. The number of alkyl halides is 3. The highest BCUT2D eigenvalue weighted by molar-refractivity contribution is 7.17. The standard InChI is InChI=1S/C9H6F3NS/c1-5-4-7-6(2-3-14-7)13-8(5)9(10,11)12/h2-4H,1H3. The molecule has 2 aromatic rings. The summed E-state index contributed by atoms with van der Waals surface area (Å²) in [5.41, 5.74) is -0.205. The lowest BCUT2D eigenvalue weighted by Crippen LogP contribution is -2.09. The summed E-state index contributed by atoms with van der Waals surface area (Å²) in [7, 11) is 0. The molecule has 0 saturated heterocycles. The molecule has 1 nitrogen and oxygen atoms in total. The highest BCUT2D eigenvalue weighted by Gasteiger charge is 2.34. The average Bonchev–Trinajstić information content (AvgIpc) is 2.47. The molecular formula is C9H6F3NS. The number of aromatic nitrogens is 1. The van der Waals surface area contributed by atoms with Crippen molar-refractivity contribution < 1.29 is 13.2 Å². The van der Waals surface area contributed by atoms with Crippen molar-refractivity contribution in [2.24, 2.45) is 0 Å². The Morgan fingerprint density at radius 3 is 2.71 bits per heavy atom. The van der Waals surface area contributed by atoms with Crippen LogP contribution in [0.25, 0.3) is 10.2 Å². The minimum atomic E-state index is -4.36. The Kier molecular flexibility index (Phi) is 1.99. The number of nitrogens with zero attached hydrogens (tertiary/aromatic N) is 1. The Morgan fingerprint density at radius 1 is 1.36 bits per heavy atom. The third kappa shape index (κ3) is 1.48. The molecule has 0 spiro atoms. The summed E-state index contributed by atoms with van der Waals surface area (Å²) in [6.45, 7) is 1.43. The summed E-state index contributed by atoms with van der Waals surface area (Å²) in [6, 6.07) is 3.12. The molecule has 74 valence electrons. The van der Waals surface area contributed by atoms with Crippen LogP contribution in [-0.2, 0) is 6.18 Å². The number of aryl methyl sites for hydroxylation is 1. The van der Waals surface area contributed by atoms with Crippen LogP contribution in [0.2, 0.25) is 0 Å². The van der Waals surface area contributed by atoms with Gasteiger partial charge in [0.15, 0.2) is 0 Å². The number of hydrogen-bond donors (Lipinski definition) is 0. The lowest BCUT2D eigenvalue weighted by atomic mass is 10.2. The maximum atomic E-state index is 12.4. The molecule has 0 fully saturated rings. The zero-order valence-electron chi connectivity index (χ0n) is 7.22. The van der Waals surface area contributed by atoms with E-state index in [9.17, 15) is 13.2 Å². The fourth-order valence-electron chi connectivity index (χ4n) is 1.28. The van der Waals surface area contributed by atoms with Crippen molar-refractivity contribution in [1.82, 2.24) is 4.98 Å². The van der Waals surface area contributed by atoms with Gasteiger partial charge in [0.25, 0.3) is 0 Å². The lowest BCUT2D eigenvalue weighted by Gasteiger charge is -2.08. The van der Waals surface area contributed by atoms with Gasteiger partial charge >= 0.3 is 6.18 Å². The molecule has 2 heterocycles. The van der Waals surface area contributed by atoms with Gasteiger partial charge in [0.05, 0.1) is 10.2 Å². The summed E-state index contributed by atoms with van der Waals surface area (Å²) in [5, 5.41) is 1.73. The molecule has 0 unspecified atom stereocenters. The molecule has 0 aliphatic rings. The van der Waals surface area contributed by atoms with Gasteiger partial charge in [-0.25, -0.2) is 4.98 Å². The Bertz CT molecular complexity index is 472. The minimum Gasteiger partial charge on any atom is -0.242 e. The quantitative estimate of drug-likeness (QED) is 0.656. The van der Waals surface area contributed by atoms with E-state index in [4.69, 9.17) is 0 Å². The Hall–Kier alpha value is -1.10. The van der Waals surface area contributed by atoms with E-state index in [-0.39, 0.29) is 5.56 Å². The molecule has 0 aliphatic heterocycles. The van der Waals surface area contributed by atoms with Crippen LogP contribution in [0, 0.1) is 6.92 Å². The van der Waals surface area contributed by atoms with Crippen LogP contribution >= 0.6 is 11.3 Å². The fraction of sp³-hybridized carbons (Fsp3) is 0.222. The predicted molar refractivity (Wildman–Crippen MR) is 49.4 cm³/mol. The van der Waals surface area contributed by atoms with Crippen molar-refractivity contribution in [3.63, 3.8) is 0 Å². The molecule has 0 saturated carbocycles. The molecule has 0 aromatic carbocycles. The molecule has 0 N–H and O–H groups in total. The molecule has 0 bridgehead atoms. The van der Waals surface area contributed by atoms with Crippen LogP contribution in [0.3, 0.4) is 0 Å². The normalized spacial score (nSPS) is 12.3. The van der Waals surface area contributed by atoms with Gasteiger partial charge in [0.2, 0.25) is 0 Å². The second-order valence-electron chi connectivity index (χ2n) is 2.96. The Labute approximate surface area is 82.2 Å². The van der Waals surface area contributed by atoms with Crippen LogP contribution in [0.15, 0.2) is 17.5 Å². The average molecular weight is 217 g/mol. The smallest absolute Gasteiger partial charge is 0.242 e. The molecule has 0 aliphatic carbocycles. The predicted octanol–water partition coefficient (Wildman–Crippen LogP) is 3.62. The third-order valence-electron chi connectivity index (χ3n) is 1.90. The summed E-state index contributed by atoms with van der Waals surface area (Å²) in [6.07, 6.45) is -4.36. The fourth-order valence-corrected chi connectivity index (χ4v) is 2.10. The number of rotatable bonds is 0. The monoisotopic (exact) mass is 217 g/mol. The molecule has 5 heteroatoms. The number of hydrogen-bond acceptors (Lipinski definition) is 2. The van der Waals surface area contributed by atoms with Crippen LogP contribution < -0.4 is 0 Å². The topological polar surface area (TPSA) is 12.9 Å². The van der Waals surface area contributed by atoms with E-state index in [1.807, 2.05) is 0 Å². The molecular weight excluding hydrogens is 211 g/mol. The second kappa shape index (κ2) is 2.95. The molecule has 0 radical (unpaired) electrons. The maximum Gasteiger partial charge on any atom is 0.433 e. The van der Waals surface area contributed by atoms with Crippen LogP contribution in [-0.4, -0.2) is 4.98 Å². The van der Waals surface area contributed by atoms with E-state index in [1.165, 1.54) is 24.3 Å². The first kappa shape index (κ1) is 9.45. The van der Waals surface area contributed by atoms with Crippen LogP contribution in [0.1, 0.15) is 11.3 Å². The lowest BCUT2D eigenvalue weighted by molar-refractivity contribution is -0.141. The molecule has 0 atom stereocenters. The van der Waals surface area contributed by atoms with Crippen molar-refractivity contribution in [2.75, 3.05) is 0 Å². The van der Waals surface area contributed by atoms with Gasteiger partial charge in [0.1, 0.15) is 5.69 Å². The highest BCUT2D eigenvalue weighted by Crippen LogP contribution is 2.32. The van der Waals surface area contributed by atoms with Crippen LogP contribution in [0.4, 0.5) is 13.2 Å². The first-order chi connectivity index (χ1) is 6.48. The third-order valence-corrected chi connectivity index (χ3v) is 2.75. The largest absolute Gasteiger partial charge is 0.433 e. The van der Waals surface area contributed by atoms with Gasteiger partial charge in [-0.2, -0.15) is 13.2 Å². The number of thiophene rings is 1. The van der Waals surface area contributed by atoms with Gasteiger partial charge in [0, 0.05) is 0 Å². The van der Waals surface area contributed by atoms with E-state index < -0.39 is 11.9 Å². The summed E-state index contributed by atoms with van der Waals surface area (Å²) in [5.74, 6) is 0. The molecule has 14 heavy (non-hydrogen) atoms. The van der Waals surface area contributed by atoms with E-state index in [2.05, 4.69) is 4.98 Å². The van der Waals surface area contributed by atoms with Gasteiger partial charge < -0.3 is 0 Å². The summed E-state index contributed by atoms with van der Waals surface area (Å²) < 4.78 is 38.1. The Balaban J connectivity index is 2.71. The van der Waals surface area contributed by atoms with Gasteiger partial charge in [-0.3, -0.25) is 0 Å². The van der Waals surface area contributed by atoms with Gasteiger partial charge in [-0.05, 0) is 30.0 Å². The van der Waals surface area contributed by atoms with E-state index in [0.717, 1.165) is 4.70 Å². The molecule has 2 rings (SSSR count). The second-order valence-corrected chi connectivity index (χ2v) is 3.90. The van der Waals surface area contributed by atoms with Crippen molar-refractivity contribution in [1.29, 1.82) is 0 Å². The van der Waals surface area contributed by atoms with E-state index in [0.29, 0.717) is 5.52 Å². The van der Waals surface area contributed by atoms with Crippen molar-refractivity contribution in [2.45, 2.75) is 13.1 Å². The highest BCUT2D eigenvalue weighted by atomic mass is 32.1. The van der Waals surface area contributed by atoms with Gasteiger partial charge in [-0.1, -0.05) is 0 Å². The molecule has 2 aromatic heterocycles. The minimum absolute atomic E-state index is 0.174. The number of fused-ring (bicyclic) bond motifs is 1. The van der Waals surface area contributed by atoms with E-state index in [1.54, 1.807) is 11.4 Å². The number of halogens is 3. The zero-order valence-corrected chi connectivity index (χ0v) is 8.04. The first-order valence-electron chi connectivity index (χ1n) is 3.90. The summed E-state index contributed by atoms with van der Waals surface area (Å²) in [4.78, 5) is 3.59. The van der Waals surface area contributed by atoms with Gasteiger partial charge in [-0.15, -0.1) is 11.3 Å². The Morgan fingerprint density at radius 2 is 2.07 bits per heavy atom. The molecule has 0 amide bonds. The first-order valence-corrected chi connectivity index (χ1v) is 4.78.